The van der Waals surface area contributed by atoms with Crippen LogP contribution >= 0.6 is 0 Å². The van der Waals surface area contributed by atoms with Gasteiger partial charge in [0.15, 0.2) is 0 Å². The van der Waals surface area contributed by atoms with Crippen molar-refractivity contribution >= 4 is 10.9 Å². The fourth-order valence-electron chi connectivity index (χ4n) is 5.09. The number of rotatable bonds is 3. The number of likely N-dealkylation sites (tertiary alicyclic amines) is 1. The van der Waals surface area contributed by atoms with Gasteiger partial charge in [0.2, 0.25) is 0 Å². The van der Waals surface area contributed by atoms with E-state index in [0.717, 1.165) is 59.3 Å². The van der Waals surface area contributed by atoms with Crippen LogP contribution in [0.1, 0.15) is 53.7 Å². The van der Waals surface area contributed by atoms with E-state index in [1.165, 1.54) is 5.56 Å². The first-order valence-electron chi connectivity index (χ1n) is 10.9. The van der Waals surface area contributed by atoms with E-state index in [9.17, 15) is 10.2 Å². The predicted molar refractivity (Wildman–Crippen MR) is 118 cm³/mol. The molecule has 2 aliphatic rings. The van der Waals surface area contributed by atoms with Gasteiger partial charge in [0, 0.05) is 54.3 Å². The van der Waals surface area contributed by atoms with Crippen molar-refractivity contribution in [3.8, 4) is 5.75 Å². The van der Waals surface area contributed by atoms with Gasteiger partial charge in [-0.1, -0.05) is 23.8 Å². The highest BCUT2D eigenvalue weighted by Gasteiger charge is 2.43. The number of piperidine rings is 1. The van der Waals surface area contributed by atoms with Crippen LogP contribution in [-0.2, 0) is 0 Å². The maximum absolute atomic E-state index is 10.9. The lowest BCUT2D eigenvalue weighted by atomic mass is 9.81. The number of hydrogen-bond donors (Lipinski definition) is 3. The van der Waals surface area contributed by atoms with Gasteiger partial charge in [0.1, 0.15) is 11.4 Å². The Hall–Kier alpha value is -2.34. The molecule has 5 rings (SSSR count). The van der Waals surface area contributed by atoms with Crippen LogP contribution in [0.25, 0.3) is 10.9 Å². The van der Waals surface area contributed by atoms with Crippen LogP contribution in [0.15, 0.2) is 42.6 Å². The molecule has 3 heterocycles. The minimum Gasteiger partial charge on any atom is -0.487 e. The molecule has 0 saturated carbocycles. The molecule has 0 amide bonds. The number of aromatic nitrogens is 1. The molecule has 1 aromatic heterocycles. The molecule has 1 fully saturated rings. The largest absolute Gasteiger partial charge is 0.487 e. The number of ether oxygens (including phenoxy) is 1. The Kier molecular flexibility index (Phi) is 4.85. The van der Waals surface area contributed by atoms with Gasteiger partial charge in [-0.2, -0.15) is 0 Å². The molecule has 2 atom stereocenters. The highest BCUT2D eigenvalue weighted by Crippen LogP contribution is 2.44. The minimum absolute atomic E-state index is 0.304. The van der Waals surface area contributed by atoms with Crippen molar-refractivity contribution in [1.82, 2.24) is 9.88 Å². The number of hydrogen-bond acceptors (Lipinski definition) is 4. The van der Waals surface area contributed by atoms with E-state index < -0.39 is 12.2 Å². The van der Waals surface area contributed by atoms with Crippen LogP contribution in [0.4, 0.5) is 0 Å². The van der Waals surface area contributed by atoms with E-state index in [4.69, 9.17) is 4.74 Å². The second-order valence-electron chi connectivity index (χ2n) is 9.16. The van der Waals surface area contributed by atoms with Crippen LogP contribution in [0.5, 0.6) is 5.75 Å². The molecule has 0 aliphatic carbocycles. The van der Waals surface area contributed by atoms with Crippen molar-refractivity contribution in [2.45, 2.75) is 50.9 Å². The quantitative estimate of drug-likeness (QED) is 0.611. The number of β-amino-alcohol motifs (C(OH)–C–C–N with tert-alkyl or cyclic N) is 1. The zero-order chi connectivity index (χ0) is 20.9. The Labute approximate surface area is 177 Å². The van der Waals surface area contributed by atoms with Gasteiger partial charge < -0.3 is 24.8 Å². The third kappa shape index (κ3) is 3.51. The summed E-state index contributed by atoms with van der Waals surface area (Å²) in [5.41, 5.74) is 4.98. The monoisotopic (exact) mass is 406 g/mol. The molecule has 1 spiro atoms. The zero-order valence-electron chi connectivity index (χ0n) is 17.7. The number of aliphatic hydroxyl groups is 2. The summed E-state index contributed by atoms with van der Waals surface area (Å²) in [5, 5.41) is 22.7. The lowest BCUT2D eigenvalue weighted by molar-refractivity contribution is -0.0587. The number of aliphatic hydroxyl groups excluding tert-OH is 2. The molecule has 2 aliphatic heterocycles. The van der Waals surface area contributed by atoms with Crippen molar-refractivity contribution < 1.29 is 14.9 Å². The fraction of sp³-hybridized carbons (Fsp3) is 0.440. The number of nitrogens with one attached hydrogen (secondary N) is 1. The van der Waals surface area contributed by atoms with Gasteiger partial charge in [-0.25, -0.2) is 0 Å². The normalized spacial score (nSPS) is 22.1. The Morgan fingerprint density at radius 2 is 1.87 bits per heavy atom. The summed E-state index contributed by atoms with van der Waals surface area (Å²) in [6.45, 7) is 6.42. The summed E-state index contributed by atoms with van der Waals surface area (Å²) in [6, 6.07) is 12.3. The number of nitrogens with zero attached hydrogens (tertiary/aromatic N) is 1. The summed E-state index contributed by atoms with van der Waals surface area (Å²) in [7, 11) is 0. The fourth-order valence-corrected chi connectivity index (χ4v) is 5.09. The standard InChI is InChI=1S/C25H30N2O3/c1-16-4-6-24-19(11-16)22(28)13-25(30-24)7-9-27(10-8-25)15-23(29)20-14-26-21-12-17(2)3-5-18(20)21/h3-6,11-12,14,22-23,26,28-29H,7-10,13,15H2,1-2H3/t22-,23-/m0/s1. The molecule has 0 radical (unpaired) electrons. The van der Waals surface area contributed by atoms with E-state index >= 15 is 0 Å². The Bertz CT molecular complexity index is 1070. The molecule has 0 bridgehead atoms. The lowest BCUT2D eigenvalue weighted by Crippen LogP contribution is -2.51. The number of aryl methyl sites for hydroxylation is 2. The van der Waals surface area contributed by atoms with Crippen molar-refractivity contribution in [3.63, 3.8) is 0 Å². The molecule has 0 unspecified atom stereocenters. The first kappa shape index (κ1) is 19.6. The summed E-state index contributed by atoms with van der Waals surface area (Å²) in [5.74, 6) is 0.821. The zero-order valence-corrected chi connectivity index (χ0v) is 17.7. The highest BCUT2D eigenvalue weighted by molar-refractivity contribution is 5.84. The predicted octanol–water partition coefficient (Wildman–Crippen LogP) is 4.17. The summed E-state index contributed by atoms with van der Waals surface area (Å²) in [6.07, 6.45) is 3.29. The molecule has 30 heavy (non-hydrogen) atoms. The molecule has 3 aromatic rings. The molecule has 5 nitrogen and oxygen atoms in total. The van der Waals surface area contributed by atoms with E-state index in [2.05, 4.69) is 35.0 Å². The van der Waals surface area contributed by atoms with Crippen molar-refractivity contribution in [2.24, 2.45) is 0 Å². The smallest absolute Gasteiger partial charge is 0.125 e. The number of fused-ring (bicyclic) bond motifs is 2. The highest BCUT2D eigenvalue weighted by atomic mass is 16.5. The molecular formula is C25H30N2O3. The van der Waals surface area contributed by atoms with Gasteiger partial charge in [-0.15, -0.1) is 0 Å². The SMILES string of the molecule is Cc1ccc2c(c1)[C@@H](O)CC1(CCN(C[C@H](O)c3c[nH]c4cc(C)ccc34)CC1)O2. The minimum atomic E-state index is -0.530. The molecule has 5 heteroatoms. The number of H-pyrrole nitrogens is 1. The molecule has 1 saturated heterocycles. The first-order valence-corrected chi connectivity index (χ1v) is 10.9. The third-order valence-corrected chi connectivity index (χ3v) is 6.84. The Morgan fingerprint density at radius 3 is 2.67 bits per heavy atom. The van der Waals surface area contributed by atoms with Gasteiger partial charge in [0.25, 0.3) is 0 Å². The molecular weight excluding hydrogens is 376 g/mol. The molecule has 3 N–H and O–H groups in total. The lowest BCUT2D eigenvalue weighted by Gasteiger charge is -2.46. The van der Waals surface area contributed by atoms with Gasteiger partial charge >= 0.3 is 0 Å². The maximum atomic E-state index is 10.9. The average Bonchev–Trinajstić information content (AvgIpc) is 3.14. The van der Waals surface area contributed by atoms with E-state index in [1.807, 2.05) is 31.3 Å². The summed E-state index contributed by atoms with van der Waals surface area (Å²) in [4.78, 5) is 5.59. The Morgan fingerprint density at radius 1 is 1.13 bits per heavy atom. The van der Waals surface area contributed by atoms with Gasteiger partial charge in [-0.05, 0) is 50.5 Å². The van der Waals surface area contributed by atoms with Gasteiger partial charge in [0.05, 0.1) is 12.2 Å². The summed E-state index contributed by atoms with van der Waals surface area (Å²) < 4.78 is 6.43. The van der Waals surface area contributed by atoms with E-state index in [-0.39, 0.29) is 5.60 Å². The van der Waals surface area contributed by atoms with Gasteiger partial charge in [-0.3, -0.25) is 0 Å². The van der Waals surface area contributed by atoms with Crippen molar-refractivity contribution in [1.29, 1.82) is 0 Å². The van der Waals surface area contributed by atoms with E-state index in [1.54, 1.807) is 0 Å². The van der Waals surface area contributed by atoms with Crippen LogP contribution in [0.3, 0.4) is 0 Å². The maximum Gasteiger partial charge on any atom is 0.125 e. The van der Waals surface area contributed by atoms with Crippen LogP contribution in [0, 0.1) is 13.8 Å². The average molecular weight is 407 g/mol. The van der Waals surface area contributed by atoms with E-state index in [0.29, 0.717) is 13.0 Å². The second-order valence-corrected chi connectivity index (χ2v) is 9.16. The first-order chi connectivity index (χ1) is 14.4. The molecule has 2 aromatic carbocycles. The van der Waals surface area contributed by atoms with Crippen molar-refractivity contribution in [2.75, 3.05) is 19.6 Å². The van der Waals surface area contributed by atoms with Crippen LogP contribution < -0.4 is 4.74 Å². The third-order valence-electron chi connectivity index (χ3n) is 6.84. The number of benzene rings is 2. The summed E-state index contributed by atoms with van der Waals surface area (Å²) >= 11 is 0. The topological polar surface area (TPSA) is 68.7 Å². The van der Waals surface area contributed by atoms with Crippen LogP contribution in [0.2, 0.25) is 0 Å². The second kappa shape index (κ2) is 7.41. The van der Waals surface area contributed by atoms with Crippen molar-refractivity contribution in [3.05, 3.63) is 64.8 Å². The van der Waals surface area contributed by atoms with Crippen LogP contribution in [-0.4, -0.2) is 45.3 Å². The molecule has 158 valence electrons. The Balaban J connectivity index is 1.25. The number of aromatic amines is 1.